The third-order valence-electron chi connectivity index (χ3n) is 2.86. The summed E-state index contributed by atoms with van der Waals surface area (Å²) in [7, 11) is 1.46. The van der Waals surface area contributed by atoms with Gasteiger partial charge < -0.3 is 23.1 Å². The first-order valence-corrected chi connectivity index (χ1v) is 8.02. The summed E-state index contributed by atoms with van der Waals surface area (Å²) in [5.41, 5.74) is 0.633. The number of hydrogen-bond acceptors (Lipinski definition) is 6. The fourth-order valence-corrected chi connectivity index (χ4v) is 3.18. The van der Waals surface area contributed by atoms with Crippen molar-refractivity contribution in [2.24, 2.45) is 0 Å². The molecule has 6 nitrogen and oxygen atoms in total. The monoisotopic (exact) mass is 300 g/mol. The third kappa shape index (κ3) is 4.69. The van der Waals surface area contributed by atoms with Crippen molar-refractivity contribution < 1.29 is 27.9 Å². The van der Waals surface area contributed by atoms with E-state index in [1.807, 2.05) is 0 Å². The van der Waals surface area contributed by atoms with Gasteiger partial charge in [0.15, 0.2) is 5.78 Å². The van der Waals surface area contributed by atoms with Crippen molar-refractivity contribution in [3.63, 3.8) is 0 Å². The van der Waals surface area contributed by atoms with Gasteiger partial charge in [-0.1, -0.05) is 18.2 Å². The van der Waals surface area contributed by atoms with E-state index in [0.717, 1.165) is 0 Å². The molecule has 1 aromatic rings. The molecule has 1 aromatic carbocycles. The molecule has 0 aliphatic heterocycles. The van der Waals surface area contributed by atoms with E-state index in [1.165, 1.54) is 21.3 Å². The van der Waals surface area contributed by atoms with Gasteiger partial charge >= 0.3 is 8.80 Å². The molecule has 0 amide bonds. The Hall–Kier alpha value is -1.25. The highest BCUT2D eigenvalue weighted by Crippen LogP contribution is 2.17. The Bertz CT molecular complexity index is 424. The average Bonchev–Trinajstić information content (AvgIpc) is 2.47. The normalized spacial score (nSPS) is 11.6. The van der Waals surface area contributed by atoms with E-state index in [0.29, 0.717) is 5.56 Å². The van der Waals surface area contributed by atoms with Crippen molar-refractivity contribution >= 4 is 14.6 Å². The number of carbonyl (C=O) groups excluding carboxylic acids is 1. The first-order valence-electron chi connectivity index (χ1n) is 6.08. The van der Waals surface area contributed by atoms with Gasteiger partial charge in [-0.15, -0.1) is 0 Å². The molecule has 0 fully saturated rings. The molecule has 0 saturated carbocycles. The predicted octanol–water partition coefficient (Wildman–Crippen LogP) is 1.36. The second-order valence-electron chi connectivity index (χ2n) is 4.13. The van der Waals surface area contributed by atoms with E-state index in [9.17, 15) is 9.90 Å². The number of benzene rings is 1. The molecule has 0 aliphatic carbocycles. The Labute approximate surface area is 119 Å². The Balaban J connectivity index is 2.42. The molecule has 1 N–H and O–H groups in total. The molecular weight excluding hydrogens is 280 g/mol. The van der Waals surface area contributed by atoms with Crippen molar-refractivity contribution in [3.05, 3.63) is 29.8 Å². The molecule has 0 atom stereocenters. The molecule has 0 bridgehead atoms. The number of aromatic hydroxyl groups is 1. The summed E-state index contributed by atoms with van der Waals surface area (Å²) in [4.78, 5) is 11.8. The van der Waals surface area contributed by atoms with Crippen LogP contribution < -0.4 is 0 Å². The quantitative estimate of drug-likeness (QED) is 0.694. The van der Waals surface area contributed by atoms with Crippen LogP contribution in [0, 0.1) is 0 Å². The highest BCUT2D eigenvalue weighted by molar-refractivity contribution is 6.64. The second-order valence-corrected chi connectivity index (χ2v) is 7.08. The Morgan fingerprint density at radius 1 is 1.15 bits per heavy atom. The van der Waals surface area contributed by atoms with Crippen LogP contribution in [-0.2, 0) is 29.4 Å². The fraction of sp³-hybridized carbons (Fsp3) is 0.462. The number of carbonyl (C=O) groups is 1. The van der Waals surface area contributed by atoms with Crippen molar-refractivity contribution in [2.45, 2.75) is 12.7 Å². The van der Waals surface area contributed by atoms with E-state index >= 15 is 0 Å². The van der Waals surface area contributed by atoms with Crippen LogP contribution in [-0.4, -0.2) is 47.6 Å². The van der Waals surface area contributed by atoms with Gasteiger partial charge in [0.1, 0.15) is 12.4 Å². The molecule has 0 saturated heterocycles. The zero-order valence-corrected chi connectivity index (χ0v) is 12.9. The van der Waals surface area contributed by atoms with Crippen LogP contribution in [0.1, 0.15) is 5.56 Å². The van der Waals surface area contributed by atoms with Gasteiger partial charge in [0.25, 0.3) is 0 Å². The number of ketones is 1. The lowest BCUT2D eigenvalue weighted by Crippen LogP contribution is -2.45. The Morgan fingerprint density at radius 3 is 2.30 bits per heavy atom. The van der Waals surface area contributed by atoms with Crippen molar-refractivity contribution in [2.75, 3.05) is 27.9 Å². The highest BCUT2D eigenvalue weighted by atomic mass is 28.4. The molecule has 0 aromatic heterocycles. The third-order valence-corrected chi connectivity index (χ3v) is 5.55. The number of phenols is 1. The maximum absolute atomic E-state index is 11.8. The van der Waals surface area contributed by atoms with Gasteiger partial charge in [-0.05, 0) is 6.07 Å². The second kappa shape index (κ2) is 8.13. The van der Waals surface area contributed by atoms with Crippen molar-refractivity contribution in [1.82, 2.24) is 0 Å². The number of rotatable bonds is 9. The van der Waals surface area contributed by atoms with Crippen molar-refractivity contribution in [3.8, 4) is 5.75 Å². The SMILES string of the molecule is CO[Si](CC(=O)COCc1ccccc1O)(OC)OC. The minimum Gasteiger partial charge on any atom is -0.508 e. The highest BCUT2D eigenvalue weighted by Gasteiger charge is 2.40. The lowest BCUT2D eigenvalue weighted by Gasteiger charge is -2.23. The van der Waals surface area contributed by atoms with Gasteiger partial charge in [0.05, 0.1) is 12.7 Å². The van der Waals surface area contributed by atoms with E-state index in [4.69, 9.17) is 18.0 Å². The number of ether oxygens (including phenoxy) is 1. The summed E-state index contributed by atoms with van der Waals surface area (Å²) in [6, 6.07) is 6.87. The maximum Gasteiger partial charge on any atom is 0.507 e. The van der Waals surface area contributed by atoms with E-state index in [2.05, 4.69) is 0 Å². The summed E-state index contributed by atoms with van der Waals surface area (Å²) < 4.78 is 20.8. The summed E-state index contributed by atoms with van der Waals surface area (Å²) >= 11 is 0. The fourth-order valence-electron chi connectivity index (χ4n) is 1.67. The minimum atomic E-state index is -2.90. The van der Waals surface area contributed by atoms with E-state index < -0.39 is 8.80 Å². The Morgan fingerprint density at radius 2 is 1.75 bits per heavy atom. The number of Topliss-reactive ketones (excluding diaryl/α,β-unsaturated/α-hetero) is 1. The molecule has 0 spiro atoms. The van der Waals surface area contributed by atoms with Gasteiger partial charge in [-0.2, -0.15) is 0 Å². The zero-order chi connectivity index (χ0) is 15.0. The van der Waals surface area contributed by atoms with Crippen LogP contribution >= 0.6 is 0 Å². The molecule has 20 heavy (non-hydrogen) atoms. The lowest BCUT2D eigenvalue weighted by molar-refractivity contribution is -0.122. The topological polar surface area (TPSA) is 74.2 Å². The molecule has 112 valence electrons. The smallest absolute Gasteiger partial charge is 0.507 e. The molecule has 0 radical (unpaired) electrons. The van der Waals surface area contributed by atoms with Crippen molar-refractivity contribution in [1.29, 1.82) is 0 Å². The first-order chi connectivity index (χ1) is 9.56. The standard InChI is InChI=1S/C13H20O6Si/c1-16-20(17-2,18-3)10-12(14)9-19-8-11-6-4-5-7-13(11)15/h4-7,15H,8-10H2,1-3H3. The summed E-state index contributed by atoms with van der Waals surface area (Å²) in [5.74, 6) is -0.0213. The number of phenolic OH excluding ortho intramolecular Hbond substituents is 1. The molecule has 0 heterocycles. The first kappa shape index (κ1) is 16.8. The summed E-state index contributed by atoms with van der Waals surface area (Å²) in [6.45, 7) is 0.0824. The molecule has 1 rings (SSSR count). The zero-order valence-electron chi connectivity index (χ0n) is 11.9. The van der Waals surface area contributed by atoms with Crippen LogP contribution in [0.4, 0.5) is 0 Å². The van der Waals surface area contributed by atoms with Crippen LogP contribution in [0.15, 0.2) is 24.3 Å². The summed E-state index contributed by atoms with van der Waals surface area (Å²) in [6.07, 6.45) is 0. The molecule has 0 unspecified atom stereocenters. The van der Waals surface area contributed by atoms with Crippen LogP contribution in [0.2, 0.25) is 6.04 Å². The Kier molecular flexibility index (Phi) is 6.83. The van der Waals surface area contributed by atoms with Gasteiger partial charge in [0.2, 0.25) is 0 Å². The predicted molar refractivity (Wildman–Crippen MR) is 74.4 cm³/mol. The molecule has 0 aliphatic rings. The van der Waals surface area contributed by atoms with Gasteiger partial charge in [-0.3, -0.25) is 4.79 Å². The molecule has 7 heteroatoms. The largest absolute Gasteiger partial charge is 0.508 e. The van der Waals surface area contributed by atoms with E-state index in [-0.39, 0.29) is 30.8 Å². The van der Waals surface area contributed by atoms with E-state index in [1.54, 1.807) is 24.3 Å². The summed E-state index contributed by atoms with van der Waals surface area (Å²) in [5, 5.41) is 9.56. The lowest BCUT2D eigenvalue weighted by atomic mass is 10.2. The number of para-hydroxylation sites is 1. The van der Waals surface area contributed by atoms with Crippen LogP contribution in [0.3, 0.4) is 0 Å². The minimum absolute atomic E-state index is 0.0528. The number of hydrogen-bond donors (Lipinski definition) is 1. The van der Waals surface area contributed by atoms with Gasteiger partial charge in [0, 0.05) is 26.9 Å². The average molecular weight is 300 g/mol. The van der Waals surface area contributed by atoms with Gasteiger partial charge in [-0.25, -0.2) is 0 Å². The molecular formula is C13H20O6Si. The maximum atomic E-state index is 11.8. The van der Waals surface area contributed by atoms with Crippen LogP contribution in [0.25, 0.3) is 0 Å². The van der Waals surface area contributed by atoms with Crippen LogP contribution in [0.5, 0.6) is 5.75 Å².